The maximum atomic E-state index is 12.8. The number of hydrogen-bond donors (Lipinski definition) is 0. The molecule has 3 aromatic carbocycles. The van der Waals surface area contributed by atoms with Crippen LogP contribution in [0, 0.1) is 17.2 Å². The van der Waals surface area contributed by atoms with Crippen molar-refractivity contribution in [1.82, 2.24) is 0 Å². The van der Waals surface area contributed by atoms with E-state index in [4.69, 9.17) is 4.74 Å². The maximum absolute atomic E-state index is 12.8. The van der Waals surface area contributed by atoms with Gasteiger partial charge in [-0.05, 0) is 65.4 Å². The fraction of sp³-hybridized carbons (Fsp3) is 0.231. The third-order valence-electron chi connectivity index (χ3n) is 5.36. The third kappa shape index (κ3) is 5.29. The van der Waals surface area contributed by atoms with E-state index >= 15 is 0 Å². The van der Waals surface area contributed by atoms with E-state index in [1.165, 1.54) is 18.2 Å². The Bertz CT molecular complexity index is 1160. The number of nitriles is 1. The molecule has 0 saturated carbocycles. The van der Waals surface area contributed by atoms with Gasteiger partial charge in [-0.2, -0.15) is 14.0 Å². The molecule has 3 rings (SSSR count). The van der Waals surface area contributed by atoms with Crippen molar-refractivity contribution in [3.63, 3.8) is 0 Å². The Morgan fingerprint density at radius 1 is 1.00 bits per heavy atom. The molecule has 1 atom stereocenters. The fourth-order valence-electron chi connectivity index (χ4n) is 3.73. The zero-order valence-corrected chi connectivity index (χ0v) is 18.1. The van der Waals surface area contributed by atoms with Crippen molar-refractivity contribution in [2.75, 3.05) is 0 Å². The molecule has 0 aliphatic rings. The van der Waals surface area contributed by atoms with Crippen LogP contribution in [0.1, 0.15) is 30.5 Å². The van der Waals surface area contributed by atoms with Crippen LogP contribution in [0.2, 0.25) is 0 Å². The number of hydrogen-bond acceptors (Lipinski definition) is 5. The predicted molar refractivity (Wildman–Crippen MR) is 116 cm³/mol. The molecule has 5 nitrogen and oxygen atoms in total. The number of carbonyl (C=O) groups excluding carboxylic acids is 1. The number of halogens is 2. The molecule has 0 fully saturated rings. The summed E-state index contributed by atoms with van der Waals surface area (Å²) in [7, 11) is 0. The number of carboxylic acids is 1. The molecule has 0 N–H and O–H groups in total. The minimum atomic E-state index is -3.04. The van der Waals surface area contributed by atoms with E-state index in [9.17, 15) is 23.9 Å². The van der Waals surface area contributed by atoms with Gasteiger partial charge in [-0.3, -0.25) is 0 Å². The van der Waals surface area contributed by atoms with Gasteiger partial charge in [-0.1, -0.05) is 50.2 Å². The van der Waals surface area contributed by atoms with E-state index in [0.717, 1.165) is 5.56 Å². The molecule has 0 spiro atoms. The van der Waals surface area contributed by atoms with Gasteiger partial charge < -0.3 is 19.4 Å². The van der Waals surface area contributed by atoms with Crippen molar-refractivity contribution in [1.29, 1.82) is 5.26 Å². The lowest BCUT2D eigenvalue weighted by Crippen LogP contribution is -2.49. The molecule has 0 radical (unpaired) electrons. The van der Waals surface area contributed by atoms with Gasteiger partial charge in [-0.15, -0.1) is 0 Å². The Morgan fingerprint density at radius 2 is 1.70 bits per heavy atom. The molecular weight excluding hydrogens is 428 g/mol. The highest BCUT2D eigenvalue weighted by Crippen LogP contribution is 2.37. The molecule has 170 valence electrons. The van der Waals surface area contributed by atoms with Gasteiger partial charge in [-0.25, -0.2) is 0 Å². The smallest absolute Gasteiger partial charge is 0.387 e. The van der Waals surface area contributed by atoms with E-state index < -0.39 is 23.9 Å². The quantitative estimate of drug-likeness (QED) is 0.466. The van der Waals surface area contributed by atoms with Crippen LogP contribution in [-0.4, -0.2) is 12.6 Å². The van der Waals surface area contributed by atoms with Gasteiger partial charge in [0.05, 0.1) is 12.0 Å². The average Bonchev–Trinajstić information content (AvgIpc) is 2.76. The lowest BCUT2D eigenvalue weighted by atomic mass is 9.70. The van der Waals surface area contributed by atoms with Crippen LogP contribution in [0.15, 0.2) is 72.8 Å². The summed E-state index contributed by atoms with van der Waals surface area (Å²) in [5.41, 5.74) is -0.690. The summed E-state index contributed by atoms with van der Waals surface area (Å²) in [5.74, 6) is -1.13. The Hall–Kier alpha value is -3.92. The standard InChI is InChI=1S/C26H23F2NO4/c1-17(2)26(16-29,24(30)31)23-12-11-22(33-25(27)28)15-19(23)13-18-7-6-10-21(14-18)32-20-8-4-3-5-9-20/h3-12,14-15,17,25H,13H2,1-2H3,(H,30,31)/p-1. The van der Waals surface area contributed by atoms with Crippen LogP contribution in [-0.2, 0) is 16.6 Å². The molecule has 0 aliphatic heterocycles. The number of rotatable bonds is 9. The van der Waals surface area contributed by atoms with E-state index in [2.05, 4.69) is 4.74 Å². The summed E-state index contributed by atoms with van der Waals surface area (Å²) in [6.07, 6.45) is 0.158. The topological polar surface area (TPSA) is 82.4 Å². The normalized spacial score (nSPS) is 12.8. The number of aliphatic carboxylic acids is 1. The van der Waals surface area contributed by atoms with E-state index in [1.54, 1.807) is 50.2 Å². The summed E-state index contributed by atoms with van der Waals surface area (Å²) in [6.45, 7) is 0.153. The summed E-state index contributed by atoms with van der Waals surface area (Å²) in [6, 6.07) is 22.1. The van der Waals surface area contributed by atoms with Gasteiger partial charge in [0, 0.05) is 0 Å². The van der Waals surface area contributed by atoms with Crippen molar-refractivity contribution < 1.29 is 28.2 Å². The summed E-state index contributed by atoms with van der Waals surface area (Å²) >= 11 is 0. The van der Waals surface area contributed by atoms with Crippen molar-refractivity contribution in [2.45, 2.75) is 32.3 Å². The minimum Gasteiger partial charge on any atom is -0.548 e. The predicted octanol–water partition coefficient (Wildman–Crippen LogP) is 4.84. The average molecular weight is 450 g/mol. The highest BCUT2D eigenvalue weighted by atomic mass is 19.3. The first-order chi connectivity index (χ1) is 15.8. The number of benzene rings is 3. The fourth-order valence-corrected chi connectivity index (χ4v) is 3.73. The number of para-hydroxylation sites is 1. The molecule has 0 saturated heterocycles. The monoisotopic (exact) mass is 450 g/mol. The molecular formula is C26H22F2NO4-. The molecule has 0 bridgehead atoms. The highest BCUT2D eigenvalue weighted by Gasteiger charge is 2.39. The summed E-state index contributed by atoms with van der Waals surface area (Å²) in [5, 5.41) is 22.0. The lowest BCUT2D eigenvalue weighted by molar-refractivity contribution is -0.313. The second-order valence-corrected chi connectivity index (χ2v) is 7.80. The van der Waals surface area contributed by atoms with Gasteiger partial charge in [0.2, 0.25) is 0 Å². The van der Waals surface area contributed by atoms with Crippen molar-refractivity contribution in [2.24, 2.45) is 5.92 Å². The number of ether oxygens (including phenoxy) is 2. The van der Waals surface area contributed by atoms with E-state index in [1.807, 2.05) is 24.3 Å². The summed E-state index contributed by atoms with van der Waals surface area (Å²) in [4.78, 5) is 12.1. The third-order valence-corrected chi connectivity index (χ3v) is 5.36. The number of nitrogens with zero attached hydrogens (tertiary/aromatic N) is 1. The van der Waals surface area contributed by atoms with Crippen LogP contribution in [0.3, 0.4) is 0 Å². The highest BCUT2D eigenvalue weighted by molar-refractivity contribution is 5.84. The van der Waals surface area contributed by atoms with Crippen LogP contribution in [0.5, 0.6) is 17.2 Å². The second kappa shape index (κ2) is 10.1. The minimum absolute atomic E-state index is 0.130. The molecule has 0 amide bonds. The van der Waals surface area contributed by atoms with Crippen LogP contribution in [0.25, 0.3) is 0 Å². The van der Waals surface area contributed by atoms with Crippen molar-refractivity contribution >= 4 is 5.97 Å². The Kier molecular flexibility index (Phi) is 7.29. The van der Waals surface area contributed by atoms with Crippen molar-refractivity contribution in [3.8, 4) is 23.3 Å². The second-order valence-electron chi connectivity index (χ2n) is 7.80. The van der Waals surface area contributed by atoms with Crippen molar-refractivity contribution in [3.05, 3.63) is 89.5 Å². The lowest BCUT2D eigenvalue weighted by Gasteiger charge is -2.34. The van der Waals surface area contributed by atoms with Gasteiger partial charge in [0.25, 0.3) is 0 Å². The zero-order valence-electron chi connectivity index (χ0n) is 18.1. The van der Waals surface area contributed by atoms with Crippen LogP contribution >= 0.6 is 0 Å². The molecule has 0 heterocycles. The first-order valence-corrected chi connectivity index (χ1v) is 10.3. The Balaban J connectivity index is 2.05. The van der Waals surface area contributed by atoms with Gasteiger partial charge in [0.15, 0.2) is 0 Å². The SMILES string of the molecule is CC(C)C(C#N)(C(=O)[O-])c1ccc(OC(F)F)cc1Cc1cccc(Oc2ccccc2)c1. The Labute approximate surface area is 190 Å². The van der Waals surface area contributed by atoms with Gasteiger partial charge in [0.1, 0.15) is 22.7 Å². The Morgan fingerprint density at radius 3 is 2.30 bits per heavy atom. The van der Waals surface area contributed by atoms with Crippen LogP contribution < -0.4 is 14.6 Å². The number of carbonyl (C=O) groups is 1. The molecule has 1 unspecified atom stereocenters. The molecule has 3 aromatic rings. The van der Waals surface area contributed by atoms with Crippen LogP contribution in [0.4, 0.5) is 8.78 Å². The molecule has 33 heavy (non-hydrogen) atoms. The largest absolute Gasteiger partial charge is 0.548 e. The molecule has 7 heteroatoms. The summed E-state index contributed by atoms with van der Waals surface area (Å²) < 4.78 is 36.0. The number of carboxylic acid groups (broad SMARTS) is 1. The first kappa shape index (κ1) is 23.7. The van der Waals surface area contributed by atoms with E-state index in [-0.39, 0.29) is 17.7 Å². The zero-order chi connectivity index (χ0) is 24.0. The van der Waals surface area contributed by atoms with Gasteiger partial charge >= 0.3 is 6.61 Å². The maximum Gasteiger partial charge on any atom is 0.387 e. The number of alkyl halides is 2. The molecule has 0 aliphatic carbocycles. The first-order valence-electron chi connectivity index (χ1n) is 10.3. The van der Waals surface area contributed by atoms with E-state index in [0.29, 0.717) is 17.1 Å². The molecule has 0 aromatic heterocycles.